The van der Waals surface area contributed by atoms with E-state index in [9.17, 15) is 0 Å². The van der Waals surface area contributed by atoms with Crippen molar-refractivity contribution in [2.24, 2.45) is 0 Å². The molecule has 0 spiro atoms. The van der Waals surface area contributed by atoms with E-state index in [1.165, 1.54) is 11.1 Å². The van der Waals surface area contributed by atoms with Crippen molar-refractivity contribution in [2.75, 3.05) is 26.1 Å². The molecule has 0 aliphatic carbocycles. The summed E-state index contributed by atoms with van der Waals surface area (Å²) in [6, 6.07) is 24.6. The van der Waals surface area contributed by atoms with Gasteiger partial charge in [-0.05, 0) is 61.7 Å². The molecule has 174 valence electrons. The monoisotopic (exact) mass is 447 g/mol. The first-order valence-corrected chi connectivity index (χ1v) is 11.4. The molecule has 5 nitrogen and oxygen atoms in total. The van der Waals surface area contributed by atoms with Crippen LogP contribution in [-0.2, 0) is 22.4 Å². The lowest BCUT2D eigenvalue weighted by Crippen LogP contribution is -2.50. The first-order chi connectivity index (χ1) is 16.0. The van der Waals surface area contributed by atoms with Gasteiger partial charge in [0.15, 0.2) is 0 Å². The van der Waals surface area contributed by atoms with Gasteiger partial charge >= 0.3 is 0 Å². The summed E-state index contributed by atoms with van der Waals surface area (Å²) in [5.41, 5.74) is 3.95. The third-order valence-electron chi connectivity index (χ3n) is 6.09. The van der Waals surface area contributed by atoms with Crippen LogP contribution in [0, 0.1) is 0 Å². The highest BCUT2D eigenvalue weighted by Crippen LogP contribution is 2.44. The topological polar surface area (TPSA) is 49.0 Å². The number of hydrogen-bond acceptors (Lipinski definition) is 5. The average molecular weight is 448 g/mol. The van der Waals surface area contributed by atoms with Gasteiger partial charge in [-0.15, -0.1) is 0 Å². The molecule has 0 amide bonds. The van der Waals surface area contributed by atoms with Crippen LogP contribution in [0.5, 0.6) is 11.5 Å². The van der Waals surface area contributed by atoms with Crippen LogP contribution in [0.15, 0.2) is 72.8 Å². The maximum absolute atomic E-state index is 6.45. The largest absolute Gasteiger partial charge is 0.497 e. The minimum absolute atomic E-state index is 0.222. The summed E-state index contributed by atoms with van der Waals surface area (Å²) < 4.78 is 23.9. The van der Waals surface area contributed by atoms with Crippen LogP contribution in [0.25, 0.3) is 0 Å². The SMILES string of the molecule is COc1ccc(CNc2ccc3c(c2)C(OCCc2ccccc2)C(OC)C(C)(C)O3)cc1. The Labute approximate surface area is 196 Å². The Kier molecular flexibility index (Phi) is 7.21. The lowest BCUT2D eigenvalue weighted by atomic mass is 9.88. The van der Waals surface area contributed by atoms with Gasteiger partial charge < -0.3 is 24.3 Å². The minimum Gasteiger partial charge on any atom is -0.497 e. The average Bonchev–Trinajstić information content (AvgIpc) is 2.83. The highest BCUT2D eigenvalue weighted by atomic mass is 16.6. The van der Waals surface area contributed by atoms with Gasteiger partial charge in [0.2, 0.25) is 0 Å². The molecule has 1 aliphatic rings. The normalized spacial score (nSPS) is 18.8. The fraction of sp³-hybridized carbons (Fsp3) is 0.357. The molecular formula is C28H33NO4. The lowest BCUT2D eigenvalue weighted by molar-refractivity contribution is -0.149. The number of methoxy groups -OCH3 is 2. The second kappa shape index (κ2) is 10.3. The third kappa shape index (κ3) is 5.49. The van der Waals surface area contributed by atoms with E-state index in [4.69, 9.17) is 18.9 Å². The molecule has 2 unspecified atom stereocenters. The van der Waals surface area contributed by atoms with Gasteiger partial charge in [0, 0.05) is 24.9 Å². The second-order valence-electron chi connectivity index (χ2n) is 8.84. The van der Waals surface area contributed by atoms with Crippen molar-refractivity contribution < 1.29 is 18.9 Å². The van der Waals surface area contributed by atoms with E-state index < -0.39 is 5.60 Å². The molecule has 33 heavy (non-hydrogen) atoms. The Morgan fingerprint density at radius 3 is 2.36 bits per heavy atom. The summed E-state index contributed by atoms with van der Waals surface area (Å²) in [6.07, 6.45) is 0.401. The summed E-state index contributed by atoms with van der Waals surface area (Å²) in [4.78, 5) is 0. The van der Waals surface area contributed by atoms with Crippen molar-refractivity contribution in [2.45, 2.75) is 44.6 Å². The number of hydrogen-bond donors (Lipinski definition) is 1. The van der Waals surface area contributed by atoms with Gasteiger partial charge in [0.05, 0.1) is 13.7 Å². The number of rotatable bonds is 9. The summed E-state index contributed by atoms with van der Waals surface area (Å²) in [5.74, 6) is 1.70. The van der Waals surface area contributed by atoms with Crippen LogP contribution in [-0.4, -0.2) is 32.5 Å². The van der Waals surface area contributed by atoms with Crippen molar-refractivity contribution >= 4 is 5.69 Å². The van der Waals surface area contributed by atoms with E-state index in [2.05, 4.69) is 47.8 Å². The van der Waals surface area contributed by atoms with E-state index >= 15 is 0 Å². The fourth-order valence-corrected chi connectivity index (χ4v) is 4.32. The van der Waals surface area contributed by atoms with Crippen LogP contribution in [0.4, 0.5) is 5.69 Å². The van der Waals surface area contributed by atoms with Gasteiger partial charge in [0.25, 0.3) is 0 Å². The Balaban J connectivity index is 1.51. The Hall–Kier alpha value is -3.02. The Morgan fingerprint density at radius 1 is 0.909 bits per heavy atom. The Morgan fingerprint density at radius 2 is 1.67 bits per heavy atom. The predicted octanol–water partition coefficient (Wildman–Crippen LogP) is 5.79. The van der Waals surface area contributed by atoms with Crippen LogP contribution in [0.3, 0.4) is 0 Å². The molecule has 1 heterocycles. The lowest BCUT2D eigenvalue weighted by Gasteiger charge is -2.43. The molecular weight excluding hydrogens is 414 g/mol. The molecule has 0 saturated heterocycles. The highest BCUT2D eigenvalue weighted by molar-refractivity contribution is 5.54. The molecule has 1 aliphatic heterocycles. The Bertz CT molecular complexity index is 1030. The number of ether oxygens (including phenoxy) is 4. The molecule has 4 rings (SSSR count). The van der Waals surface area contributed by atoms with Crippen molar-refractivity contribution in [3.63, 3.8) is 0 Å². The summed E-state index contributed by atoms with van der Waals surface area (Å²) in [5, 5.41) is 3.51. The quantitative estimate of drug-likeness (QED) is 0.450. The molecule has 2 atom stereocenters. The van der Waals surface area contributed by atoms with Gasteiger partial charge in [0.1, 0.15) is 29.3 Å². The van der Waals surface area contributed by atoms with Crippen molar-refractivity contribution in [3.8, 4) is 11.5 Å². The van der Waals surface area contributed by atoms with E-state index in [0.29, 0.717) is 13.2 Å². The minimum atomic E-state index is -0.503. The van der Waals surface area contributed by atoms with Crippen LogP contribution in [0.2, 0.25) is 0 Å². The van der Waals surface area contributed by atoms with Gasteiger partial charge in [-0.3, -0.25) is 0 Å². The van der Waals surface area contributed by atoms with Crippen LogP contribution < -0.4 is 14.8 Å². The van der Waals surface area contributed by atoms with E-state index in [1.807, 2.05) is 44.2 Å². The maximum Gasteiger partial charge on any atom is 0.132 e. The predicted molar refractivity (Wildman–Crippen MR) is 131 cm³/mol. The molecule has 3 aromatic carbocycles. The third-order valence-corrected chi connectivity index (χ3v) is 6.09. The molecule has 0 aromatic heterocycles. The fourth-order valence-electron chi connectivity index (χ4n) is 4.32. The van der Waals surface area contributed by atoms with Gasteiger partial charge in [-0.25, -0.2) is 0 Å². The van der Waals surface area contributed by atoms with Gasteiger partial charge in [-0.1, -0.05) is 42.5 Å². The summed E-state index contributed by atoms with van der Waals surface area (Å²) in [6.45, 7) is 5.41. The molecule has 0 radical (unpaired) electrons. The second-order valence-corrected chi connectivity index (χ2v) is 8.84. The van der Waals surface area contributed by atoms with E-state index in [0.717, 1.165) is 29.2 Å². The first kappa shape index (κ1) is 23.1. The number of nitrogens with one attached hydrogen (secondary N) is 1. The summed E-state index contributed by atoms with van der Waals surface area (Å²) >= 11 is 0. The van der Waals surface area contributed by atoms with Crippen LogP contribution in [0.1, 0.15) is 36.6 Å². The molecule has 5 heteroatoms. The molecule has 0 bridgehead atoms. The zero-order valence-corrected chi connectivity index (χ0v) is 19.8. The standard InChI is InChI=1S/C28H33NO4/c1-28(2)27(31-4)26(32-17-16-20-8-6-5-7-9-20)24-18-22(12-15-25(24)33-28)29-19-21-10-13-23(30-3)14-11-21/h5-15,18,26-27,29H,16-17,19H2,1-4H3. The number of fused-ring (bicyclic) bond motifs is 1. The molecule has 0 saturated carbocycles. The van der Waals surface area contributed by atoms with Crippen molar-refractivity contribution in [3.05, 3.63) is 89.5 Å². The maximum atomic E-state index is 6.45. The van der Waals surface area contributed by atoms with E-state index in [-0.39, 0.29) is 12.2 Å². The zero-order valence-electron chi connectivity index (χ0n) is 19.8. The molecule has 3 aromatic rings. The van der Waals surface area contributed by atoms with Crippen LogP contribution >= 0.6 is 0 Å². The smallest absolute Gasteiger partial charge is 0.132 e. The van der Waals surface area contributed by atoms with Crippen molar-refractivity contribution in [1.29, 1.82) is 0 Å². The van der Waals surface area contributed by atoms with E-state index in [1.54, 1.807) is 14.2 Å². The van der Waals surface area contributed by atoms with Gasteiger partial charge in [-0.2, -0.15) is 0 Å². The zero-order chi connectivity index (χ0) is 23.3. The molecule has 1 N–H and O–H groups in total. The summed E-state index contributed by atoms with van der Waals surface area (Å²) in [7, 11) is 3.40. The number of anilines is 1. The molecule has 0 fully saturated rings. The first-order valence-electron chi connectivity index (χ1n) is 11.4. The van der Waals surface area contributed by atoms with Crippen molar-refractivity contribution in [1.82, 2.24) is 0 Å². The highest BCUT2D eigenvalue weighted by Gasteiger charge is 2.45. The number of benzene rings is 3.